The number of hydrogen-bond donors (Lipinski definition) is 1. The second kappa shape index (κ2) is 13.5. The number of amides is 1. The van der Waals surface area contributed by atoms with Crippen molar-refractivity contribution in [3.05, 3.63) is 116 Å². The molecule has 230 valence electrons. The van der Waals surface area contributed by atoms with Gasteiger partial charge in [-0.1, -0.05) is 53.7 Å². The summed E-state index contributed by atoms with van der Waals surface area (Å²) < 4.78 is 23.3. The van der Waals surface area contributed by atoms with Crippen molar-refractivity contribution < 1.29 is 23.7 Å². The van der Waals surface area contributed by atoms with Crippen LogP contribution in [0.1, 0.15) is 27.0 Å². The molecule has 1 aliphatic heterocycles. The van der Waals surface area contributed by atoms with Crippen LogP contribution < -0.4 is 29.8 Å². The van der Waals surface area contributed by atoms with Crippen molar-refractivity contribution in [3.8, 4) is 23.0 Å². The fourth-order valence-corrected chi connectivity index (χ4v) is 6.17. The van der Waals surface area contributed by atoms with Crippen LogP contribution >= 0.6 is 23.4 Å². The first-order chi connectivity index (χ1) is 21.9. The van der Waals surface area contributed by atoms with Crippen molar-refractivity contribution in [1.82, 2.24) is 14.9 Å². The van der Waals surface area contributed by atoms with Crippen LogP contribution in [-0.4, -0.2) is 43.0 Å². The second-order valence-electron chi connectivity index (χ2n) is 10.3. The highest BCUT2D eigenvalue weighted by Gasteiger charge is 2.20. The first kappa shape index (κ1) is 30.4. The molecule has 0 bridgehead atoms. The molecule has 0 aliphatic carbocycles. The molecular weight excluding hydrogens is 614 g/mol. The Morgan fingerprint density at radius 1 is 0.933 bits per heavy atom. The van der Waals surface area contributed by atoms with E-state index in [4.69, 9.17) is 35.5 Å². The first-order valence-corrected chi connectivity index (χ1v) is 15.6. The van der Waals surface area contributed by atoms with Crippen LogP contribution in [0.4, 0.5) is 0 Å². The monoisotopic (exact) mass is 643 g/mol. The molecule has 1 N–H and O–H groups in total. The fourth-order valence-electron chi connectivity index (χ4n) is 5.02. The van der Waals surface area contributed by atoms with Gasteiger partial charge in [-0.05, 0) is 65.6 Å². The molecule has 0 atom stereocenters. The minimum Gasteiger partial charge on any atom is -0.493 e. The maximum absolute atomic E-state index is 13.8. The molecule has 9 nitrogen and oxygen atoms in total. The van der Waals surface area contributed by atoms with Crippen LogP contribution in [0.3, 0.4) is 0 Å². The largest absolute Gasteiger partial charge is 0.493 e. The standard InChI is InChI=1S/C34H30ClN3O6S/c1-41-28-11-8-21(15-29(28)42-2)12-13-36-32(39)24-9-6-22(7-10-24)18-38-33(40)26-16-30-31(44-20-43-30)17-27(26)37-34(38)45-19-23-4-3-5-25(35)14-23/h3-11,14-17H,12-13,18-20H2,1-2H3,(H,36,39). The number of nitrogens with one attached hydrogen (secondary N) is 1. The maximum atomic E-state index is 13.8. The highest BCUT2D eigenvalue weighted by Crippen LogP contribution is 2.35. The van der Waals surface area contributed by atoms with E-state index < -0.39 is 0 Å². The number of nitrogens with zero attached hydrogens (tertiary/aromatic N) is 2. The minimum atomic E-state index is -0.191. The Labute approximate surface area is 269 Å². The van der Waals surface area contributed by atoms with Gasteiger partial charge in [0.2, 0.25) is 6.79 Å². The van der Waals surface area contributed by atoms with E-state index in [2.05, 4.69) is 5.32 Å². The highest BCUT2D eigenvalue weighted by molar-refractivity contribution is 7.98. The molecule has 1 amide bonds. The lowest BCUT2D eigenvalue weighted by Gasteiger charge is -2.14. The number of carbonyl (C=O) groups is 1. The topological polar surface area (TPSA) is 101 Å². The zero-order valence-electron chi connectivity index (χ0n) is 24.7. The lowest BCUT2D eigenvalue weighted by Crippen LogP contribution is -2.26. The number of fused-ring (bicyclic) bond motifs is 2. The zero-order valence-corrected chi connectivity index (χ0v) is 26.2. The number of ether oxygens (including phenoxy) is 4. The van der Waals surface area contributed by atoms with Gasteiger partial charge in [-0.15, -0.1) is 0 Å². The summed E-state index contributed by atoms with van der Waals surface area (Å²) in [6, 6.07) is 24.0. The summed E-state index contributed by atoms with van der Waals surface area (Å²) in [6.07, 6.45) is 0.637. The number of carbonyl (C=O) groups excluding carboxylic acids is 1. The molecule has 2 heterocycles. The second-order valence-corrected chi connectivity index (χ2v) is 11.7. The molecule has 1 aromatic heterocycles. The van der Waals surface area contributed by atoms with Gasteiger partial charge in [-0.2, -0.15) is 0 Å². The summed E-state index contributed by atoms with van der Waals surface area (Å²) in [6.45, 7) is 0.835. The van der Waals surface area contributed by atoms with Gasteiger partial charge in [-0.25, -0.2) is 4.98 Å². The lowest BCUT2D eigenvalue weighted by atomic mass is 10.1. The predicted molar refractivity (Wildman–Crippen MR) is 174 cm³/mol. The SMILES string of the molecule is COc1ccc(CCNC(=O)c2ccc(Cn3c(SCc4cccc(Cl)c4)nc4cc5c(cc4c3=O)OCO5)cc2)cc1OC. The van der Waals surface area contributed by atoms with E-state index in [0.717, 1.165) is 16.7 Å². The van der Waals surface area contributed by atoms with Crippen molar-refractivity contribution in [3.63, 3.8) is 0 Å². The van der Waals surface area contributed by atoms with Crippen molar-refractivity contribution in [1.29, 1.82) is 0 Å². The van der Waals surface area contributed by atoms with Crippen LogP contribution in [-0.2, 0) is 18.7 Å². The van der Waals surface area contributed by atoms with Crippen LogP contribution in [0, 0.1) is 0 Å². The summed E-state index contributed by atoms with van der Waals surface area (Å²) in [7, 11) is 3.19. The fraction of sp³-hybridized carbons (Fsp3) is 0.206. The number of aromatic nitrogens is 2. The quantitative estimate of drug-likeness (QED) is 0.136. The number of hydrogen-bond acceptors (Lipinski definition) is 8. The average molecular weight is 644 g/mol. The minimum absolute atomic E-state index is 0.104. The van der Waals surface area contributed by atoms with E-state index in [1.807, 2.05) is 54.6 Å². The van der Waals surface area contributed by atoms with Gasteiger partial charge in [0.25, 0.3) is 11.5 Å². The van der Waals surface area contributed by atoms with Gasteiger partial charge in [0.05, 0.1) is 31.7 Å². The Bertz CT molecular complexity index is 1930. The Hall–Kier alpha value is -4.67. The molecule has 0 fully saturated rings. The summed E-state index contributed by atoms with van der Waals surface area (Å²) in [5.74, 6) is 2.79. The van der Waals surface area contributed by atoms with E-state index in [1.54, 1.807) is 43.1 Å². The maximum Gasteiger partial charge on any atom is 0.262 e. The van der Waals surface area contributed by atoms with Gasteiger partial charge in [0.1, 0.15) is 0 Å². The molecule has 5 aromatic rings. The number of benzene rings is 4. The van der Waals surface area contributed by atoms with E-state index in [-0.39, 0.29) is 24.8 Å². The van der Waals surface area contributed by atoms with E-state index in [1.165, 1.54) is 11.8 Å². The zero-order chi connectivity index (χ0) is 31.3. The Morgan fingerprint density at radius 3 is 2.44 bits per heavy atom. The molecule has 0 unspecified atom stereocenters. The molecular formula is C34H30ClN3O6S. The van der Waals surface area contributed by atoms with E-state index in [9.17, 15) is 9.59 Å². The van der Waals surface area contributed by atoms with Crippen LogP contribution in [0.5, 0.6) is 23.0 Å². The molecule has 1 aliphatic rings. The summed E-state index contributed by atoms with van der Waals surface area (Å²) >= 11 is 7.64. The number of rotatable bonds is 11. The summed E-state index contributed by atoms with van der Waals surface area (Å²) in [4.78, 5) is 31.5. The van der Waals surface area contributed by atoms with Crippen molar-refractivity contribution in [2.45, 2.75) is 23.9 Å². The average Bonchev–Trinajstić information content (AvgIpc) is 3.52. The molecule has 0 saturated heterocycles. The number of methoxy groups -OCH3 is 2. The third kappa shape index (κ3) is 6.87. The van der Waals surface area contributed by atoms with Crippen LogP contribution in [0.25, 0.3) is 10.9 Å². The third-order valence-corrected chi connectivity index (χ3v) is 8.66. The van der Waals surface area contributed by atoms with E-state index >= 15 is 0 Å². The molecule has 6 rings (SSSR count). The van der Waals surface area contributed by atoms with Crippen molar-refractivity contribution in [2.75, 3.05) is 27.6 Å². The summed E-state index contributed by atoms with van der Waals surface area (Å²) in [5.41, 5.74) is 3.76. The van der Waals surface area contributed by atoms with Crippen LogP contribution in [0.2, 0.25) is 5.02 Å². The van der Waals surface area contributed by atoms with Crippen LogP contribution in [0.15, 0.2) is 88.8 Å². The molecule has 11 heteroatoms. The van der Waals surface area contributed by atoms with Gasteiger partial charge in [-0.3, -0.25) is 14.2 Å². The highest BCUT2D eigenvalue weighted by atomic mass is 35.5. The van der Waals surface area contributed by atoms with Gasteiger partial charge in [0.15, 0.2) is 28.2 Å². The smallest absolute Gasteiger partial charge is 0.262 e. The molecule has 0 spiro atoms. The number of thioether (sulfide) groups is 1. The first-order valence-electron chi connectivity index (χ1n) is 14.2. The normalized spacial score (nSPS) is 11.9. The molecule has 0 saturated carbocycles. The Morgan fingerprint density at radius 2 is 1.69 bits per heavy atom. The predicted octanol–water partition coefficient (Wildman–Crippen LogP) is 6.11. The molecule has 45 heavy (non-hydrogen) atoms. The van der Waals surface area contributed by atoms with Crippen molar-refractivity contribution >= 4 is 40.2 Å². The van der Waals surface area contributed by atoms with Gasteiger partial charge < -0.3 is 24.3 Å². The number of halogens is 1. The Balaban J connectivity index is 1.18. The van der Waals surface area contributed by atoms with Gasteiger partial charge >= 0.3 is 0 Å². The summed E-state index contributed by atoms with van der Waals surface area (Å²) in [5, 5.41) is 4.61. The lowest BCUT2D eigenvalue weighted by molar-refractivity contribution is 0.0954. The van der Waals surface area contributed by atoms with E-state index in [0.29, 0.717) is 68.4 Å². The Kier molecular flexibility index (Phi) is 9.13. The van der Waals surface area contributed by atoms with Gasteiger partial charge in [0, 0.05) is 29.0 Å². The third-order valence-electron chi connectivity index (χ3n) is 7.37. The molecule has 4 aromatic carbocycles. The van der Waals surface area contributed by atoms with Crippen molar-refractivity contribution in [2.24, 2.45) is 0 Å². The molecule has 0 radical (unpaired) electrons.